The standard InChI is InChI=1S/C15H12ClN3O2/c16-10-5-7-11(8-6-10)17-9-14-18-19-15(21-14)12-3-1-2-4-13(12)20/h1-8,17,20H,9H2. The van der Waals surface area contributed by atoms with E-state index in [2.05, 4.69) is 15.5 Å². The Kier molecular flexibility index (Phi) is 3.75. The first-order chi connectivity index (χ1) is 10.2. The average Bonchev–Trinajstić information content (AvgIpc) is 2.96. The van der Waals surface area contributed by atoms with Crippen LogP contribution in [0, 0.1) is 0 Å². The lowest BCUT2D eigenvalue weighted by molar-refractivity contribution is 0.469. The number of benzene rings is 2. The van der Waals surface area contributed by atoms with Crippen molar-refractivity contribution in [1.29, 1.82) is 0 Å². The molecular formula is C15H12ClN3O2. The van der Waals surface area contributed by atoms with E-state index < -0.39 is 0 Å². The first kappa shape index (κ1) is 13.5. The van der Waals surface area contributed by atoms with Gasteiger partial charge in [-0.15, -0.1) is 10.2 Å². The zero-order chi connectivity index (χ0) is 14.7. The van der Waals surface area contributed by atoms with Crippen molar-refractivity contribution in [2.75, 3.05) is 5.32 Å². The largest absolute Gasteiger partial charge is 0.507 e. The Morgan fingerprint density at radius 3 is 2.57 bits per heavy atom. The quantitative estimate of drug-likeness (QED) is 0.768. The molecule has 0 bridgehead atoms. The van der Waals surface area contributed by atoms with E-state index in [-0.39, 0.29) is 5.75 Å². The molecule has 0 saturated heterocycles. The van der Waals surface area contributed by atoms with Crippen molar-refractivity contribution in [3.8, 4) is 17.2 Å². The van der Waals surface area contributed by atoms with Gasteiger partial charge in [0.05, 0.1) is 12.1 Å². The molecule has 1 aromatic heterocycles. The van der Waals surface area contributed by atoms with Crippen LogP contribution in [0.4, 0.5) is 5.69 Å². The monoisotopic (exact) mass is 301 g/mol. The molecule has 0 radical (unpaired) electrons. The van der Waals surface area contributed by atoms with E-state index in [1.54, 1.807) is 36.4 Å². The van der Waals surface area contributed by atoms with Gasteiger partial charge in [0.25, 0.3) is 5.89 Å². The summed E-state index contributed by atoms with van der Waals surface area (Å²) >= 11 is 5.82. The Morgan fingerprint density at radius 1 is 1.05 bits per heavy atom. The van der Waals surface area contributed by atoms with Crippen molar-refractivity contribution in [3.63, 3.8) is 0 Å². The van der Waals surface area contributed by atoms with E-state index in [1.807, 2.05) is 12.1 Å². The average molecular weight is 302 g/mol. The lowest BCUT2D eigenvalue weighted by atomic mass is 10.2. The number of hydrogen-bond acceptors (Lipinski definition) is 5. The summed E-state index contributed by atoms with van der Waals surface area (Å²) in [5, 5.41) is 21.5. The molecule has 0 amide bonds. The van der Waals surface area contributed by atoms with Gasteiger partial charge in [-0.25, -0.2) is 0 Å². The Labute approximate surface area is 126 Å². The maximum atomic E-state index is 9.75. The minimum absolute atomic E-state index is 0.110. The lowest BCUT2D eigenvalue weighted by Gasteiger charge is -2.02. The highest BCUT2D eigenvalue weighted by Crippen LogP contribution is 2.27. The number of rotatable bonds is 4. The third kappa shape index (κ3) is 3.14. The molecule has 6 heteroatoms. The van der Waals surface area contributed by atoms with Gasteiger partial charge < -0.3 is 14.8 Å². The second kappa shape index (κ2) is 5.85. The maximum Gasteiger partial charge on any atom is 0.251 e. The Balaban J connectivity index is 1.71. The molecule has 2 N–H and O–H groups in total. The van der Waals surface area contributed by atoms with E-state index in [1.165, 1.54) is 0 Å². The number of hydrogen-bond donors (Lipinski definition) is 2. The SMILES string of the molecule is Oc1ccccc1-c1nnc(CNc2ccc(Cl)cc2)o1. The maximum absolute atomic E-state index is 9.75. The molecule has 106 valence electrons. The van der Waals surface area contributed by atoms with Crippen LogP contribution in [0.15, 0.2) is 52.9 Å². The summed E-state index contributed by atoms with van der Waals surface area (Å²) in [6, 6.07) is 14.1. The van der Waals surface area contributed by atoms with Crippen LogP contribution < -0.4 is 5.32 Å². The van der Waals surface area contributed by atoms with E-state index in [0.717, 1.165) is 5.69 Å². The van der Waals surface area contributed by atoms with Gasteiger partial charge in [-0.2, -0.15) is 0 Å². The second-order valence-electron chi connectivity index (χ2n) is 4.38. The van der Waals surface area contributed by atoms with E-state index in [4.69, 9.17) is 16.0 Å². The van der Waals surface area contributed by atoms with Gasteiger partial charge in [-0.05, 0) is 36.4 Å². The summed E-state index contributed by atoms with van der Waals surface area (Å²) in [7, 11) is 0. The second-order valence-corrected chi connectivity index (χ2v) is 4.81. The zero-order valence-electron chi connectivity index (χ0n) is 11.0. The first-order valence-electron chi connectivity index (χ1n) is 6.32. The minimum Gasteiger partial charge on any atom is -0.507 e. The van der Waals surface area contributed by atoms with Crippen LogP contribution in [0.5, 0.6) is 5.75 Å². The summed E-state index contributed by atoms with van der Waals surface area (Å²) in [6.45, 7) is 0.391. The van der Waals surface area contributed by atoms with Crippen LogP contribution in [0.1, 0.15) is 5.89 Å². The number of aromatic hydroxyl groups is 1. The fourth-order valence-corrected chi connectivity index (χ4v) is 1.96. The fourth-order valence-electron chi connectivity index (χ4n) is 1.83. The normalized spacial score (nSPS) is 10.5. The molecule has 3 rings (SSSR count). The third-order valence-corrected chi connectivity index (χ3v) is 3.14. The van der Waals surface area contributed by atoms with E-state index in [0.29, 0.717) is 28.9 Å². The molecule has 21 heavy (non-hydrogen) atoms. The van der Waals surface area contributed by atoms with Crippen molar-refractivity contribution in [3.05, 3.63) is 59.4 Å². The highest BCUT2D eigenvalue weighted by molar-refractivity contribution is 6.30. The molecule has 5 nitrogen and oxygen atoms in total. The molecule has 2 aromatic carbocycles. The van der Waals surface area contributed by atoms with Crippen molar-refractivity contribution < 1.29 is 9.52 Å². The van der Waals surface area contributed by atoms with Crippen LogP contribution in [0.2, 0.25) is 5.02 Å². The Hall–Kier alpha value is -2.53. The molecule has 0 aliphatic carbocycles. The Bertz CT molecular complexity index is 741. The summed E-state index contributed by atoms with van der Waals surface area (Å²) in [5.41, 5.74) is 1.42. The first-order valence-corrected chi connectivity index (χ1v) is 6.70. The fraction of sp³-hybridized carbons (Fsp3) is 0.0667. The van der Waals surface area contributed by atoms with E-state index >= 15 is 0 Å². The molecule has 1 heterocycles. The number of nitrogens with one attached hydrogen (secondary N) is 1. The molecular weight excluding hydrogens is 290 g/mol. The number of anilines is 1. The van der Waals surface area contributed by atoms with Gasteiger partial charge in [0.15, 0.2) is 0 Å². The lowest BCUT2D eigenvalue weighted by Crippen LogP contribution is -1.99. The van der Waals surface area contributed by atoms with Gasteiger partial charge in [0, 0.05) is 10.7 Å². The van der Waals surface area contributed by atoms with Crippen molar-refractivity contribution in [2.45, 2.75) is 6.54 Å². The molecule has 0 fully saturated rings. The predicted molar refractivity (Wildman–Crippen MR) is 80.2 cm³/mol. The molecule has 0 spiro atoms. The van der Waals surface area contributed by atoms with Crippen molar-refractivity contribution in [2.24, 2.45) is 0 Å². The summed E-state index contributed by atoms with van der Waals surface area (Å²) < 4.78 is 5.53. The summed E-state index contributed by atoms with van der Waals surface area (Å²) in [5.74, 6) is 0.836. The van der Waals surface area contributed by atoms with Crippen molar-refractivity contribution in [1.82, 2.24) is 10.2 Å². The molecule has 0 aliphatic heterocycles. The number of phenolic OH excluding ortho intramolecular Hbond substituents is 1. The highest BCUT2D eigenvalue weighted by Gasteiger charge is 2.11. The predicted octanol–water partition coefficient (Wildman–Crippen LogP) is 3.71. The van der Waals surface area contributed by atoms with Crippen LogP contribution >= 0.6 is 11.6 Å². The molecule has 3 aromatic rings. The number of phenols is 1. The summed E-state index contributed by atoms with van der Waals surface area (Å²) in [6.07, 6.45) is 0. The topological polar surface area (TPSA) is 71.2 Å². The van der Waals surface area contributed by atoms with Gasteiger partial charge in [0.2, 0.25) is 5.89 Å². The highest BCUT2D eigenvalue weighted by atomic mass is 35.5. The van der Waals surface area contributed by atoms with Gasteiger partial charge in [0.1, 0.15) is 5.75 Å². The third-order valence-electron chi connectivity index (χ3n) is 2.89. The van der Waals surface area contributed by atoms with Crippen LogP contribution in [-0.2, 0) is 6.54 Å². The number of para-hydroxylation sites is 1. The van der Waals surface area contributed by atoms with Gasteiger partial charge >= 0.3 is 0 Å². The molecule has 0 saturated carbocycles. The van der Waals surface area contributed by atoms with Gasteiger partial charge in [-0.3, -0.25) is 0 Å². The van der Waals surface area contributed by atoms with Crippen LogP contribution in [0.3, 0.4) is 0 Å². The molecule has 0 atom stereocenters. The smallest absolute Gasteiger partial charge is 0.251 e. The number of aromatic nitrogens is 2. The van der Waals surface area contributed by atoms with E-state index in [9.17, 15) is 5.11 Å². The van der Waals surface area contributed by atoms with Crippen LogP contribution in [-0.4, -0.2) is 15.3 Å². The van der Waals surface area contributed by atoms with Crippen molar-refractivity contribution >= 4 is 17.3 Å². The molecule has 0 unspecified atom stereocenters. The minimum atomic E-state index is 0.110. The Morgan fingerprint density at radius 2 is 1.81 bits per heavy atom. The number of nitrogens with zero attached hydrogens (tertiary/aromatic N) is 2. The zero-order valence-corrected chi connectivity index (χ0v) is 11.7. The summed E-state index contributed by atoms with van der Waals surface area (Å²) in [4.78, 5) is 0. The van der Waals surface area contributed by atoms with Gasteiger partial charge in [-0.1, -0.05) is 23.7 Å². The van der Waals surface area contributed by atoms with Crippen LogP contribution in [0.25, 0.3) is 11.5 Å². The number of halogens is 1. The molecule has 0 aliphatic rings.